The lowest BCUT2D eigenvalue weighted by atomic mass is 9.98. The van der Waals surface area contributed by atoms with Crippen molar-refractivity contribution >= 4 is 23.9 Å². The van der Waals surface area contributed by atoms with Crippen LogP contribution in [0.1, 0.15) is 56.1 Å². The molecule has 2 aromatic carbocycles. The third-order valence-electron chi connectivity index (χ3n) is 6.71. The molecule has 198 valence electrons. The molecule has 0 radical (unpaired) electrons. The van der Waals surface area contributed by atoms with Crippen LogP contribution in [0.3, 0.4) is 0 Å². The molecule has 2 N–H and O–H groups in total. The first kappa shape index (κ1) is 27.7. The molecule has 0 unspecified atom stereocenters. The number of carboxylic acids is 1. The molecular weight excluding hydrogens is 476 g/mol. The summed E-state index contributed by atoms with van der Waals surface area (Å²) in [5.41, 5.74) is 4.23. The number of carbonyl (C=O) groups is 4. The second-order valence-electron chi connectivity index (χ2n) is 9.10. The zero-order valence-electron chi connectivity index (χ0n) is 21.4. The summed E-state index contributed by atoms with van der Waals surface area (Å²) in [4.78, 5) is 50.8. The second-order valence-corrected chi connectivity index (χ2v) is 9.10. The summed E-state index contributed by atoms with van der Waals surface area (Å²) in [6.45, 7) is 2.03. The van der Waals surface area contributed by atoms with Gasteiger partial charge < -0.3 is 24.8 Å². The summed E-state index contributed by atoms with van der Waals surface area (Å²) in [6, 6.07) is 13.4. The molecule has 0 aromatic heterocycles. The van der Waals surface area contributed by atoms with Crippen molar-refractivity contribution in [3.63, 3.8) is 0 Å². The molecule has 9 heteroatoms. The predicted molar refractivity (Wildman–Crippen MR) is 137 cm³/mol. The Bertz CT molecular complexity index is 1090. The van der Waals surface area contributed by atoms with E-state index >= 15 is 0 Å². The molecule has 9 nitrogen and oxygen atoms in total. The van der Waals surface area contributed by atoms with Gasteiger partial charge in [-0.3, -0.25) is 9.59 Å². The van der Waals surface area contributed by atoms with Gasteiger partial charge in [0.25, 0.3) is 0 Å². The number of benzene rings is 2. The van der Waals surface area contributed by atoms with Crippen LogP contribution in [-0.2, 0) is 23.9 Å². The van der Waals surface area contributed by atoms with Crippen molar-refractivity contribution in [2.24, 2.45) is 0 Å². The Hall–Kier alpha value is -3.88. The number of nitrogens with one attached hydrogen (secondary N) is 1. The van der Waals surface area contributed by atoms with E-state index in [9.17, 15) is 24.3 Å². The van der Waals surface area contributed by atoms with E-state index in [1.807, 2.05) is 55.5 Å². The molecule has 2 aromatic rings. The molecule has 0 saturated carbocycles. The third-order valence-corrected chi connectivity index (χ3v) is 6.71. The molecule has 3 rings (SSSR count). The molecule has 0 aliphatic heterocycles. The Morgan fingerprint density at radius 2 is 1.59 bits per heavy atom. The molecule has 0 fully saturated rings. The van der Waals surface area contributed by atoms with Crippen molar-refractivity contribution in [2.45, 2.75) is 57.0 Å². The summed E-state index contributed by atoms with van der Waals surface area (Å²) in [7, 11) is 2.53. The number of aliphatic carboxylic acids is 1. The normalized spacial score (nSPS) is 13.6. The van der Waals surface area contributed by atoms with Crippen molar-refractivity contribution in [3.8, 4) is 11.1 Å². The van der Waals surface area contributed by atoms with Crippen molar-refractivity contribution in [3.05, 3.63) is 59.7 Å². The Labute approximate surface area is 216 Å². The van der Waals surface area contributed by atoms with E-state index in [1.165, 1.54) is 14.2 Å². The van der Waals surface area contributed by atoms with E-state index in [-0.39, 0.29) is 18.9 Å². The van der Waals surface area contributed by atoms with Crippen LogP contribution in [0.15, 0.2) is 48.5 Å². The lowest BCUT2D eigenvalue weighted by molar-refractivity contribution is -0.151. The SMILES string of the molecule is CCCCC[C@@H](C(=O)O)N(C)C(=O)[C@@H](CC(=O)OC)NC(=O)OCC1c2ccccc2-c2ccccc21. The zero-order chi connectivity index (χ0) is 26.9. The van der Waals surface area contributed by atoms with Crippen LogP contribution in [0, 0.1) is 0 Å². The van der Waals surface area contributed by atoms with Crippen LogP contribution in [-0.4, -0.2) is 66.8 Å². The Morgan fingerprint density at radius 3 is 2.14 bits per heavy atom. The largest absolute Gasteiger partial charge is 0.480 e. The second kappa shape index (κ2) is 12.9. The summed E-state index contributed by atoms with van der Waals surface area (Å²) in [5, 5.41) is 12.1. The number of methoxy groups -OCH3 is 1. The minimum atomic E-state index is -1.33. The number of esters is 1. The van der Waals surface area contributed by atoms with Gasteiger partial charge in [0, 0.05) is 13.0 Å². The maximum Gasteiger partial charge on any atom is 0.407 e. The number of carbonyl (C=O) groups excluding carboxylic acids is 3. The highest BCUT2D eigenvalue weighted by Crippen LogP contribution is 2.44. The van der Waals surface area contributed by atoms with Gasteiger partial charge in [0.05, 0.1) is 13.5 Å². The highest BCUT2D eigenvalue weighted by molar-refractivity contribution is 5.92. The maximum atomic E-state index is 13.2. The molecule has 2 amide bonds. The number of rotatable bonds is 12. The molecule has 2 atom stereocenters. The van der Waals surface area contributed by atoms with E-state index in [2.05, 4.69) is 10.1 Å². The Kier molecular flexibility index (Phi) is 9.65. The Balaban J connectivity index is 1.70. The van der Waals surface area contributed by atoms with Crippen molar-refractivity contribution in [2.75, 3.05) is 20.8 Å². The van der Waals surface area contributed by atoms with Crippen LogP contribution >= 0.6 is 0 Å². The standard InChI is InChI=1S/C28H34N2O7/c1-4-5-6-15-24(27(33)34)30(2)26(32)23(16-25(31)36-3)29-28(35)37-17-22-20-13-9-7-11-18(20)19-12-8-10-14-21(19)22/h7-14,22-24H,4-6,15-17H2,1-3H3,(H,29,35)(H,33,34)/t23-,24+/m1/s1. The fourth-order valence-electron chi connectivity index (χ4n) is 4.70. The van der Waals surface area contributed by atoms with E-state index < -0.39 is 42.4 Å². The van der Waals surface area contributed by atoms with Crippen molar-refractivity contribution in [1.29, 1.82) is 0 Å². The van der Waals surface area contributed by atoms with Gasteiger partial charge in [-0.1, -0.05) is 74.7 Å². The first-order valence-corrected chi connectivity index (χ1v) is 12.5. The van der Waals surface area contributed by atoms with E-state index in [1.54, 1.807) is 0 Å². The van der Waals surface area contributed by atoms with Crippen LogP contribution in [0.2, 0.25) is 0 Å². The molecule has 0 bridgehead atoms. The number of hydrogen-bond acceptors (Lipinski definition) is 6. The van der Waals surface area contributed by atoms with Gasteiger partial charge >= 0.3 is 18.0 Å². The third kappa shape index (κ3) is 6.67. The number of likely N-dealkylation sites (N-methyl/N-ethyl adjacent to an activating group) is 1. The number of nitrogens with zero attached hydrogens (tertiary/aromatic N) is 1. The fraction of sp³-hybridized carbons (Fsp3) is 0.429. The minimum Gasteiger partial charge on any atom is -0.480 e. The van der Waals surface area contributed by atoms with Gasteiger partial charge in [0.2, 0.25) is 5.91 Å². The lowest BCUT2D eigenvalue weighted by Crippen LogP contribution is -2.53. The summed E-state index contributed by atoms with van der Waals surface area (Å²) >= 11 is 0. The first-order chi connectivity index (χ1) is 17.8. The van der Waals surface area contributed by atoms with Crippen molar-refractivity contribution < 1.29 is 33.8 Å². The highest BCUT2D eigenvalue weighted by atomic mass is 16.5. The molecule has 0 spiro atoms. The quantitative estimate of drug-likeness (QED) is 0.327. The van der Waals surface area contributed by atoms with Gasteiger partial charge in [0.15, 0.2) is 0 Å². The number of amides is 2. The molecule has 37 heavy (non-hydrogen) atoms. The predicted octanol–water partition coefficient (Wildman–Crippen LogP) is 3.95. The number of hydrogen-bond donors (Lipinski definition) is 2. The lowest BCUT2D eigenvalue weighted by Gasteiger charge is -2.29. The van der Waals surface area contributed by atoms with Gasteiger partial charge in [-0.25, -0.2) is 9.59 Å². The highest BCUT2D eigenvalue weighted by Gasteiger charge is 2.34. The van der Waals surface area contributed by atoms with E-state index in [0.717, 1.165) is 40.0 Å². The maximum absolute atomic E-state index is 13.2. The number of alkyl carbamates (subject to hydrolysis) is 1. The van der Waals surface area contributed by atoms with Gasteiger partial charge in [0.1, 0.15) is 18.7 Å². The van der Waals surface area contributed by atoms with Crippen LogP contribution in [0.5, 0.6) is 0 Å². The van der Waals surface area contributed by atoms with Gasteiger partial charge in [-0.15, -0.1) is 0 Å². The number of ether oxygens (including phenoxy) is 2. The molecular formula is C28H34N2O7. The molecule has 0 heterocycles. The minimum absolute atomic E-state index is 0.0314. The average molecular weight is 511 g/mol. The monoisotopic (exact) mass is 510 g/mol. The van der Waals surface area contributed by atoms with Crippen molar-refractivity contribution in [1.82, 2.24) is 10.2 Å². The van der Waals surface area contributed by atoms with Gasteiger partial charge in [-0.2, -0.15) is 0 Å². The van der Waals surface area contributed by atoms with Crippen LogP contribution in [0.4, 0.5) is 4.79 Å². The molecule has 1 aliphatic carbocycles. The first-order valence-electron chi connectivity index (χ1n) is 12.5. The molecule has 0 saturated heterocycles. The topological polar surface area (TPSA) is 122 Å². The number of carboxylic acid groups (broad SMARTS) is 1. The Morgan fingerprint density at radius 1 is 1.00 bits per heavy atom. The summed E-state index contributed by atoms with van der Waals surface area (Å²) in [5.74, 6) is -2.75. The van der Waals surface area contributed by atoms with Crippen LogP contribution in [0.25, 0.3) is 11.1 Å². The number of fused-ring (bicyclic) bond motifs is 3. The van der Waals surface area contributed by atoms with Gasteiger partial charge in [-0.05, 0) is 28.7 Å². The smallest absolute Gasteiger partial charge is 0.407 e. The summed E-state index contributed by atoms with van der Waals surface area (Å²) in [6.07, 6.45) is 1.29. The van der Waals surface area contributed by atoms with E-state index in [0.29, 0.717) is 6.42 Å². The summed E-state index contributed by atoms with van der Waals surface area (Å²) < 4.78 is 10.2. The van der Waals surface area contributed by atoms with Crippen LogP contribution < -0.4 is 5.32 Å². The zero-order valence-corrected chi connectivity index (χ0v) is 21.4. The number of unbranched alkanes of at least 4 members (excludes halogenated alkanes) is 2. The average Bonchev–Trinajstić information content (AvgIpc) is 3.22. The van der Waals surface area contributed by atoms with E-state index in [4.69, 9.17) is 4.74 Å². The molecule has 1 aliphatic rings. The fourth-order valence-corrected chi connectivity index (χ4v) is 4.70.